The van der Waals surface area contributed by atoms with Crippen molar-refractivity contribution < 1.29 is 9.59 Å². The van der Waals surface area contributed by atoms with E-state index in [-0.39, 0.29) is 29.2 Å². The molecule has 0 aliphatic heterocycles. The molecular weight excluding hydrogens is 412 g/mol. The third kappa shape index (κ3) is 6.82. The van der Waals surface area contributed by atoms with Gasteiger partial charge in [-0.05, 0) is 56.6 Å². The lowest BCUT2D eigenvalue weighted by molar-refractivity contribution is -0.119. The molecule has 0 atom stereocenters. The molecule has 0 unspecified atom stereocenters. The first kappa shape index (κ1) is 23.3. The monoisotopic (exact) mass is 444 g/mol. The number of unbranched alkanes of at least 4 members (excludes halogenated alkanes) is 2. The Kier molecular flexibility index (Phi) is 8.51. The van der Waals surface area contributed by atoms with Gasteiger partial charge in [0.2, 0.25) is 11.8 Å². The Bertz CT molecular complexity index is 967. The van der Waals surface area contributed by atoms with Crippen molar-refractivity contribution in [1.29, 1.82) is 0 Å². The summed E-state index contributed by atoms with van der Waals surface area (Å²) in [6, 6.07) is 7.53. The molecule has 0 bridgehead atoms. The average Bonchev–Trinajstić information content (AvgIpc) is 2.75. The quantitative estimate of drug-likeness (QED) is 0.332. The van der Waals surface area contributed by atoms with E-state index in [2.05, 4.69) is 17.2 Å². The molecule has 1 aromatic heterocycles. The lowest BCUT2D eigenvalue weighted by atomic mass is 9.87. The minimum Gasteiger partial charge on any atom is -0.370 e. The summed E-state index contributed by atoms with van der Waals surface area (Å²) < 4.78 is 1.66. The third-order valence-corrected chi connectivity index (χ3v) is 6.82. The molecule has 1 aliphatic carbocycles. The summed E-state index contributed by atoms with van der Waals surface area (Å²) in [6.45, 7) is 2.76. The van der Waals surface area contributed by atoms with Gasteiger partial charge in [-0.2, -0.15) is 0 Å². The number of amides is 2. The second kappa shape index (κ2) is 11.3. The third-order valence-electron chi connectivity index (χ3n) is 5.84. The van der Waals surface area contributed by atoms with Gasteiger partial charge in [-0.1, -0.05) is 37.2 Å². The number of hydrogen-bond donors (Lipinski definition) is 2. The molecule has 0 radical (unpaired) electrons. The molecule has 168 valence electrons. The zero-order valence-corrected chi connectivity index (χ0v) is 19.0. The summed E-state index contributed by atoms with van der Waals surface area (Å²) in [5.74, 6) is 0.652. The second-order valence-electron chi connectivity index (χ2n) is 8.46. The van der Waals surface area contributed by atoms with Gasteiger partial charge >= 0.3 is 0 Å². The summed E-state index contributed by atoms with van der Waals surface area (Å²) in [6.07, 6.45) is 6.96. The lowest BCUT2D eigenvalue weighted by Gasteiger charge is -2.26. The Morgan fingerprint density at radius 2 is 1.90 bits per heavy atom. The van der Waals surface area contributed by atoms with E-state index in [1.165, 1.54) is 11.8 Å². The van der Waals surface area contributed by atoms with Crippen LogP contribution in [0, 0.1) is 5.92 Å². The summed E-state index contributed by atoms with van der Waals surface area (Å²) in [5, 5.41) is 4.27. The van der Waals surface area contributed by atoms with Crippen molar-refractivity contribution in [2.75, 3.05) is 5.75 Å². The van der Waals surface area contributed by atoms with Crippen molar-refractivity contribution >= 4 is 34.5 Å². The Labute approximate surface area is 187 Å². The molecule has 2 aromatic rings. The first-order valence-electron chi connectivity index (χ1n) is 11.1. The van der Waals surface area contributed by atoms with E-state index in [0.717, 1.165) is 44.4 Å². The molecule has 3 rings (SSSR count). The number of carbonyl (C=O) groups excluding carboxylic acids is 2. The molecule has 0 saturated heterocycles. The van der Waals surface area contributed by atoms with Crippen molar-refractivity contribution in [3.63, 3.8) is 0 Å². The fraction of sp³-hybridized carbons (Fsp3) is 0.565. The van der Waals surface area contributed by atoms with Gasteiger partial charge < -0.3 is 11.1 Å². The summed E-state index contributed by atoms with van der Waals surface area (Å²) in [5.41, 5.74) is 5.74. The smallest absolute Gasteiger partial charge is 0.262 e. The van der Waals surface area contributed by atoms with Crippen LogP contribution in [0.15, 0.2) is 34.2 Å². The number of primary amides is 1. The van der Waals surface area contributed by atoms with Gasteiger partial charge in [0, 0.05) is 19.0 Å². The number of fused-ring (bicyclic) bond motifs is 1. The summed E-state index contributed by atoms with van der Waals surface area (Å²) in [7, 11) is 0. The van der Waals surface area contributed by atoms with Crippen LogP contribution in [0.2, 0.25) is 0 Å². The minimum absolute atomic E-state index is 0.0139. The molecular formula is C23H32N4O3S. The summed E-state index contributed by atoms with van der Waals surface area (Å²) in [4.78, 5) is 41.1. The molecule has 8 heteroatoms. The van der Waals surface area contributed by atoms with Gasteiger partial charge in [-0.3, -0.25) is 19.0 Å². The Hall–Kier alpha value is -2.35. The molecule has 1 fully saturated rings. The SMILES string of the molecule is CC1CCC(NC(=O)CSc2nc3ccccc3c(=O)n2CCCCCC(N)=O)CC1. The van der Waals surface area contributed by atoms with Gasteiger partial charge in [-0.15, -0.1) is 0 Å². The van der Waals surface area contributed by atoms with Crippen LogP contribution in [-0.4, -0.2) is 33.2 Å². The van der Waals surface area contributed by atoms with E-state index in [9.17, 15) is 14.4 Å². The van der Waals surface area contributed by atoms with Gasteiger partial charge in [0.15, 0.2) is 5.16 Å². The van der Waals surface area contributed by atoms with E-state index in [0.29, 0.717) is 35.4 Å². The number of nitrogens with zero attached hydrogens (tertiary/aromatic N) is 2. The van der Waals surface area contributed by atoms with Crippen LogP contribution in [0.25, 0.3) is 10.9 Å². The van der Waals surface area contributed by atoms with Crippen LogP contribution in [0.4, 0.5) is 0 Å². The predicted molar refractivity (Wildman–Crippen MR) is 124 cm³/mol. The number of rotatable bonds is 10. The van der Waals surface area contributed by atoms with E-state index in [1.54, 1.807) is 10.6 Å². The average molecular weight is 445 g/mol. The summed E-state index contributed by atoms with van der Waals surface area (Å²) >= 11 is 1.31. The van der Waals surface area contributed by atoms with Crippen molar-refractivity contribution in [3.8, 4) is 0 Å². The van der Waals surface area contributed by atoms with Crippen LogP contribution in [0.3, 0.4) is 0 Å². The molecule has 0 spiro atoms. The molecule has 7 nitrogen and oxygen atoms in total. The zero-order chi connectivity index (χ0) is 22.2. The molecule has 1 aliphatic rings. The second-order valence-corrected chi connectivity index (χ2v) is 9.40. The highest BCUT2D eigenvalue weighted by Gasteiger charge is 2.20. The Morgan fingerprint density at radius 1 is 1.16 bits per heavy atom. The first-order valence-corrected chi connectivity index (χ1v) is 12.1. The van der Waals surface area contributed by atoms with E-state index in [4.69, 9.17) is 5.73 Å². The van der Waals surface area contributed by atoms with Crippen molar-refractivity contribution in [2.24, 2.45) is 11.7 Å². The number of carbonyl (C=O) groups is 2. The topological polar surface area (TPSA) is 107 Å². The van der Waals surface area contributed by atoms with E-state index < -0.39 is 0 Å². The Balaban J connectivity index is 1.66. The van der Waals surface area contributed by atoms with Crippen LogP contribution >= 0.6 is 11.8 Å². The number of nitrogens with one attached hydrogen (secondary N) is 1. The van der Waals surface area contributed by atoms with Gasteiger partial charge in [0.1, 0.15) is 0 Å². The Morgan fingerprint density at radius 3 is 2.65 bits per heavy atom. The van der Waals surface area contributed by atoms with E-state index in [1.807, 2.05) is 18.2 Å². The van der Waals surface area contributed by atoms with Crippen LogP contribution in [-0.2, 0) is 16.1 Å². The number of benzene rings is 1. The fourth-order valence-electron chi connectivity index (χ4n) is 4.00. The van der Waals surface area contributed by atoms with Gasteiger partial charge in [0.05, 0.1) is 16.7 Å². The molecule has 1 saturated carbocycles. The lowest BCUT2D eigenvalue weighted by Crippen LogP contribution is -2.38. The molecule has 31 heavy (non-hydrogen) atoms. The molecule has 1 heterocycles. The maximum atomic E-state index is 13.0. The van der Waals surface area contributed by atoms with Crippen LogP contribution in [0.5, 0.6) is 0 Å². The van der Waals surface area contributed by atoms with Crippen molar-refractivity contribution in [2.45, 2.75) is 76.0 Å². The highest BCUT2D eigenvalue weighted by molar-refractivity contribution is 7.99. The number of thioether (sulfide) groups is 1. The number of aromatic nitrogens is 2. The standard InChI is InChI=1S/C23H32N4O3S/c1-16-10-12-17(13-11-16)25-21(29)15-31-23-26-19-8-5-4-7-18(19)22(30)27(23)14-6-2-3-9-20(24)28/h4-5,7-8,16-17H,2-3,6,9-15H2,1H3,(H2,24,28)(H,25,29). The maximum Gasteiger partial charge on any atom is 0.262 e. The van der Waals surface area contributed by atoms with Crippen molar-refractivity contribution in [1.82, 2.24) is 14.9 Å². The highest BCUT2D eigenvalue weighted by Crippen LogP contribution is 2.24. The van der Waals surface area contributed by atoms with Gasteiger partial charge in [0.25, 0.3) is 5.56 Å². The van der Waals surface area contributed by atoms with E-state index >= 15 is 0 Å². The normalized spacial score (nSPS) is 18.7. The van der Waals surface area contributed by atoms with Gasteiger partial charge in [-0.25, -0.2) is 4.98 Å². The molecule has 1 aromatic carbocycles. The van der Waals surface area contributed by atoms with Crippen LogP contribution < -0.4 is 16.6 Å². The maximum absolute atomic E-state index is 13.0. The first-order chi connectivity index (χ1) is 14.9. The fourth-order valence-corrected chi connectivity index (χ4v) is 4.84. The number of hydrogen-bond acceptors (Lipinski definition) is 5. The number of para-hydroxylation sites is 1. The minimum atomic E-state index is -0.306. The molecule has 3 N–H and O–H groups in total. The highest BCUT2D eigenvalue weighted by atomic mass is 32.2. The number of nitrogens with two attached hydrogens (primary N) is 1. The van der Waals surface area contributed by atoms with Crippen LogP contribution in [0.1, 0.15) is 58.3 Å². The molecule has 2 amide bonds. The zero-order valence-electron chi connectivity index (χ0n) is 18.1. The largest absolute Gasteiger partial charge is 0.370 e. The predicted octanol–water partition coefficient (Wildman–Crippen LogP) is 3.23. The van der Waals surface area contributed by atoms with Crippen molar-refractivity contribution in [3.05, 3.63) is 34.6 Å².